The Bertz CT molecular complexity index is 737. The van der Waals surface area contributed by atoms with E-state index in [-0.39, 0.29) is 35.6 Å². The van der Waals surface area contributed by atoms with Gasteiger partial charge in [-0.25, -0.2) is 0 Å². The summed E-state index contributed by atoms with van der Waals surface area (Å²) in [6.45, 7) is 2.46. The molecule has 1 unspecified atom stereocenters. The summed E-state index contributed by atoms with van der Waals surface area (Å²) in [5, 5.41) is 12.5. The first-order valence-electron chi connectivity index (χ1n) is 8.15. The van der Waals surface area contributed by atoms with E-state index >= 15 is 0 Å². The van der Waals surface area contributed by atoms with Crippen molar-refractivity contribution in [3.05, 3.63) is 41.2 Å². The van der Waals surface area contributed by atoms with Gasteiger partial charge in [0.1, 0.15) is 5.76 Å². The quantitative estimate of drug-likeness (QED) is 0.774. The van der Waals surface area contributed by atoms with Crippen molar-refractivity contribution in [2.45, 2.75) is 32.4 Å². The average Bonchev–Trinajstić information content (AvgIpc) is 2.57. The average molecular weight is 368 g/mol. The van der Waals surface area contributed by atoms with Gasteiger partial charge in [0.05, 0.1) is 17.1 Å². The van der Waals surface area contributed by atoms with Crippen LogP contribution in [0.5, 0.6) is 0 Å². The summed E-state index contributed by atoms with van der Waals surface area (Å²) in [4.78, 5) is 28.4. The van der Waals surface area contributed by atoms with Crippen molar-refractivity contribution in [1.82, 2.24) is 0 Å². The molecule has 1 atom stereocenters. The number of hydrogen-bond acceptors (Lipinski definition) is 4. The van der Waals surface area contributed by atoms with Crippen molar-refractivity contribution in [2.75, 3.05) is 11.9 Å². The van der Waals surface area contributed by atoms with E-state index < -0.39 is 23.6 Å². The molecule has 26 heavy (non-hydrogen) atoms. The van der Waals surface area contributed by atoms with Crippen LogP contribution in [-0.2, 0) is 15.8 Å². The Morgan fingerprint density at radius 3 is 2.50 bits per heavy atom. The first kappa shape index (κ1) is 19.7. The molecule has 1 aromatic carbocycles. The molecule has 2 N–H and O–H groups in total. The highest BCUT2D eigenvalue weighted by Crippen LogP contribution is 2.30. The number of allylic oxidation sites excluding steroid dienone is 2. The third-order valence-electron chi connectivity index (χ3n) is 3.91. The smallest absolute Gasteiger partial charge is 0.416 e. The minimum absolute atomic E-state index is 0.0221. The number of nitrogens with one attached hydrogen (secondary N) is 1. The van der Waals surface area contributed by atoms with Crippen molar-refractivity contribution in [2.24, 2.45) is 10.9 Å². The maximum Gasteiger partial charge on any atom is 0.416 e. The number of halogens is 3. The Balaban J connectivity index is 2.04. The molecule has 0 aliphatic heterocycles. The highest BCUT2D eigenvalue weighted by atomic mass is 19.4. The van der Waals surface area contributed by atoms with Crippen molar-refractivity contribution in [3.8, 4) is 0 Å². The molecule has 140 valence electrons. The molecule has 8 heteroatoms. The Labute approximate surface area is 148 Å². The molecule has 0 spiro atoms. The van der Waals surface area contributed by atoms with E-state index in [4.69, 9.17) is 0 Å². The molecule has 0 radical (unpaired) electrons. The second-order valence-corrected chi connectivity index (χ2v) is 5.99. The molecule has 2 rings (SSSR count). The lowest BCUT2D eigenvalue weighted by Crippen LogP contribution is -2.30. The van der Waals surface area contributed by atoms with E-state index in [9.17, 15) is 27.9 Å². The maximum absolute atomic E-state index is 12.5. The summed E-state index contributed by atoms with van der Waals surface area (Å²) >= 11 is 0. The summed E-state index contributed by atoms with van der Waals surface area (Å²) in [7, 11) is 0. The molecule has 0 saturated carbocycles. The summed E-state index contributed by atoms with van der Waals surface area (Å²) in [5.41, 5.74) is -0.522. The number of carbonyl (C=O) groups excluding carboxylic acids is 2. The highest BCUT2D eigenvalue weighted by molar-refractivity contribution is 6.15. The number of aliphatic imine (C=N–C) groups is 1. The third-order valence-corrected chi connectivity index (χ3v) is 3.91. The van der Waals surface area contributed by atoms with E-state index in [0.717, 1.165) is 30.7 Å². The van der Waals surface area contributed by atoms with Crippen LogP contribution in [-0.4, -0.2) is 29.6 Å². The fourth-order valence-corrected chi connectivity index (χ4v) is 2.51. The molecule has 0 saturated heterocycles. The lowest BCUT2D eigenvalue weighted by atomic mass is 9.87. The standard InChI is InChI=1S/C18H19F3N2O3/c1-2-7-22-10-14-15(24)8-11(9-16(14)25)17(26)23-13-5-3-12(4-6-13)18(19,20)21/h3-6,10-11,24H,2,7-9H2,1H3,(H,23,26). The van der Waals surface area contributed by atoms with E-state index in [2.05, 4.69) is 10.3 Å². The number of benzene rings is 1. The lowest BCUT2D eigenvalue weighted by molar-refractivity contribution is -0.137. The Morgan fingerprint density at radius 2 is 1.96 bits per heavy atom. The molecule has 0 heterocycles. The number of alkyl halides is 3. The molecular formula is C18H19F3N2O3. The number of rotatable bonds is 5. The second-order valence-electron chi connectivity index (χ2n) is 5.99. The van der Waals surface area contributed by atoms with E-state index in [1.807, 2.05) is 6.92 Å². The Kier molecular flexibility index (Phi) is 6.18. The number of carbonyl (C=O) groups is 2. The number of Topliss-reactive ketones (excluding diaryl/α,β-unsaturated/α-hetero) is 1. The summed E-state index contributed by atoms with van der Waals surface area (Å²) < 4.78 is 37.6. The monoisotopic (exact) mass is 368 g/mol. The molecule has 0 fully saturated rings. The minimum atomic E-state index is -4.45. The fraction of sp³-hybridized carbons (Fsp3) is 0.389. The van der Waals surface area contributed by atoms with Crippen LogP contribution in [0.3, 0.4) is 0 Å². The number of amides is 1. The lowest BCUT2D eigenvalue weighted by Gasteiger charge is -2.21. The zero-order chi connectivity index (χ0) is 19.3. The van der Waals surface area contributed by atoms with Crippen LogP contribution < -0.4 is 5.32 Å². The van der Waals surface area contributed by atoms with Crippen molar-refractivity contribution >= 4 is 23.6 Å². The zero-order valence-corrected chi connectivity index (χ0v) is 14.1. The number of hydrogen-bond donors (Lipinski definition) is 2. The number of nitrogens with zero attached hydrogens (tertiary/aromatic N) is 1. The molecule has 5 nitrogen and oxygen atoms in total. The van der Waals surface area contributed by atoms with Crippen molar-refractivity contribution in [1.29, 1.82) is 0 Å². The van der Waals surface area contributed by atoms with Crippen LogP contribution in [0.15, 0.2) is 40.6 Å². The molecular weight excluding hydrogens is 349 g/mol. The van der Waals surface area contributed by atoms with Gasteiger partial charge in [0.2, 0.25) is 5.91 Å². The summed E-state index contributed by atoms with van der Waals surface area (Å²) in [6, 6.07) is 4.01. The van der Waals surface area contributed by atoms with Crippen molar-refractivity contribution in [3.63, 3.8) is 0 Å². The maximum atomic E-state index is 12.5. The number of aliphatic hydroxyl groups is 1. The summed E-state index contributed by atoms with van der Waals surface area (Å²) in [6.07, 6.45) is -2.44. The molecule has 0 bridgehead atoms. The van der Waals surface area contributed by atoms with Gasteiger partial charge >= 0.3 is 6.18 Å². The topological polar surface area (TPSA) is 78.8 Å². The van der Waals surface area contributed by atoms with Crippen LogP contribution in [0.4, 0.5) is 18.9 Å². The van der Waals surface area contributed by atoms with Gasteiger partial charge in [-0.2, -0.15) is 13.2 Å². The SMILES string of the molecule is CCCN=CC1=C(O)CC(C(=O)Nc2ccc(C(F)(F)F)cc2)CC1=O. The Morgan fingerprint density at radius 1 is 1.31 bits per heavy atom. The Hall–Kier alpha value is -2.64. The van der Waals surface area contributed by atoms with Gasteiger partial charge in [0, 0.05) is 31.3 Å². The van der Waals surface area contributed by atoms with Crippen LogP contribution in [0.1, 0.15) is 31.7 Å². The van der Waals surface area contributed by atoms with Crippen LogP contribution >= 0.6 is 0 Å². The van der Waals surface area contributed by atoms with Crippen LogP contribution in [0.25, 0.3) is 0 Å². The number of anilines is 1. The molecule has 0 aromatic heterocycles. The van der Waals surface area contributed by atoms with Crippen LogP contribution in [0.2, 0.25) is 0 Å². The third kappa shape index (κ3) is 4.93. The van der Waals surface area contributed by atoms with E-state index in [1.54, 1.807) is 0 Å². The van der Waals surface area contributed by atoms with E-state index in [0.29, 0.717) is 6.54 Å². The van der Waals surface area contributed by atoms with Crippen LogP contribution in [0, 0.1) is 5.92 Å². The van der Waals surface area contributed by atoms with Gasteiger partial charge < -0.3 is 10.4 Å². The first-order chi connectivity index (χ1) is 12.2. The predicted octanol–water partition coefficient (Wildman–Crippen LogP) is 3.92. The highest BCUT2D eigenvalue weighted by Gasteiger charge is 2.32. The first-order valence-corrected chi connectivity index (χ1v) is 8.15. The van der Waals surface area contributed by atoms with Gasteiger partial charge in [0.25, 0.3) is 0 Å². The van der Waals surface area contributed by atoms with Gasteiger partial charge in [-0.05, 0) is 30.7 Å². The normalized spacial score (nSPS) is 18.5. The minimum Gasteiger partial charge on any atom is -0.511 e. The number of aliphatic hydroxyl groups excluding tert-OH is 1. The van der Waals surface area contributed by atoms with Crippen molar-refractivity contribution < 1.29 is 27.9 Å². The fourth-order valence-electron chi connectivity index (χ4n) is 2.51. The molecule has 1 aromatic rings. The molecule has 1 amide bonds. The van der Waals surface area contributed by atoms with Gasteiger partial charge in [-0.3, -0.25) is 14.6 Å². The second kappa shape index (κ2) is 8.16. The zero-order valence-electron chi connectivity index (χ0n) is 14.1. The number of ketones is 1. The van der Waals surface area contributed by atoms with Gasteiger partial charge in [-0.15, -0.1) is 0 Å². The largest absolute Gasteiger partial charge is 0.511 e. The predicted molar refractivity (Wildman–Crippen MR) is 91.1 cm³/mol. The molecule has 1 aliphatic carbocycles. The summed E-state index contributed by atoms with van der Waals surface area (Å²) in [5.74, 6) is -1.91. The van der Waals surface area contributed by atoms with E-state index in [1.165, 1.54) is 6.21 Å². The van der Waals surface area contributed by atoms with Gasteiger partial charge in [0.15, 0.2) is 5.78 Å². The molecule has 1 aliphatic rings. The van der Waals surface area contributed by atoms with Gasteiger partial charge in [-0.1, -0.05) is 6.92 Å².